The second kappa shape index (κ2) is 9.85. The molecule has 0 bridgehead atoms. The molecule has 1 atom stereocenters. The molecule has 4 aromatic rings. The molecule has 2 aromatic carbocycles. The summed E-state index contributed by atoms with van der Waals surface area (Å²) < 4.78 is 37.6. The number of methoxy groups -OCH3 is 1. The van der Waals surface area contributed by atoms with Crippen LogP contribution < -0.4 is 15.5 Å². The second-order valence-corrected chi connectivity index (χ2v) is 10.0. The highest BCUT2D eigenvalue weighted by Gasteiger charge is 2.26. The van der Waals surface area contributed by atoms with Gasteiger partial charge in [-0.1, -0.05) is 0 Å². The van der Waals surface area contributed by atoms with E-state index in [0.717, 1.165) is 57.1 Å². The third-order valence-corrected chi connectivity index (χ3v) is 7.64. The predicted octanol–water partition coefficient (Wildman–Crippen LogP) is 3.92. The normalized spacial score (nSPS) is 18.6. The van der Waals surface area contributed by atoms with Crippen molar-refractivity contribution in [1.82, 2.24) is 19.4 Å². The summed E-state index contributed by atoms with van der Waals surface area (Å²) in [5.74, 6) is -0.558. The molecule has 2 aliphatic rings. The van der Waals surface area contributed by atoms with Crippen molar-refractivity contribution in [1.29, 1.82) is 0 Å². The molecule has 0 spiro atoms. The molecule has 6 rings (SSSR count). The van der Waals surface area contributed by atoms with E-state index in [9.17, 15) is 4.39 Å². The van der Waals surface area contributed by atoms with Crippen LogP contribution in [0, 0.1) is 11.6 Å². The topological polar surface area (TPSA) is 75.7 Å². The molecule has 8 nitrogen and oxygen atoms in total. The molecule has 2 saturated heterocycles. The van der Waals surface area contributed by atoms with Crippen LogP contribution in [0.25, 0.3) is 28.2 Å². The number of rotatable bonds is 5. The van der Waals surface area contributed by atoms with Crippen LogP contribution in [0.2, 0.25) is 0 Å². The standard InChI is InChI=1S/C28H31F2N7O/c1-34-11-13-35(14-12-34)25-7-9-32-28-26(25)33-27(18-3-5-23(31)21(29)15-18)37(28)24-6-4-19(16-22(24)30)36-10-8-20(17-36)38-2/h3-7,9,15-16,20H,8,10-14,17,31H2,1-2H3/t20-/m0/s1. The van der Waals surface area contributed by atoms with Gasteiger partial charge >= 0.3 is 0 Å². The fraction of sp³-hybridized carbons (Fsp3) is 0.357. The first-order valence-electron chi connectivity index (χ1n) is 12.9. The minimum Gasteiger partial charge on any atom is -0.396 e. The zero-order valence-electron chi connectivity index (χ0n) is 21.6. The summed E-state index contributed by atoms with van der Waals surface area (Å²) in [7, 11) is 3.80. The van der Waals surface area contributed by atoms with Crippen LogP contribution in [0.5, 0.6) is 0 Å². The molecule has 0 saturated carbocycles. The number of nitrogens with zero attached hydrogens (tertiary/aromatic N) is 6. The Morgan fingerprint density at radius 2 is 1.74 bits per heavy atom. The van der Waals surface area contributed by atoms with E-state index in [-0.39, 0.29) is 11.8 Å². The molecule has 0 aliphatic carbocycles. The van der Waals surface area contributed by atoms with Crippen molar-refractivity contribution in [3.8, 4) is 17.1 Å². The molecular weight excluding hydrogens is 488 g/mol. The van der Waals surface area contributed by atoms with Gasteiger partial charge in [-0.15, -0.1) is 0 Å². The highest BCUT2D eigenvalue weighted by molar-refractivity contribution is 5.91. The van der Waals surface area contributed by atoms with Crippen molar-refractivity contribution in [2.45, 2.75) is 12.5 Å². The van der Waals surface area contributed by atoms with E-state index in [1.54, 1.807) is 30.0 Å². The van der Waals surface area contributed by atoms with Gasteiger partial charge in [-0.2, -0.15) is 0 Å². The van der Waals surface area contributed by atoms with Gasteiger partial charge in [0.25, 0.3) is 0 Å². The summed E-state index contributed by atoms with van der Waals surface area (Å²) in [4.78, 5) is 16.2. The summed E-state index contributed by atoms with van der Waals surface area (Å²) in [5, 5.41) is 0. The minimum atomic E-state index is -0.550. The maximum atomic E-state index is 15.9. The molecule has 4 heterocycles. The van der Waals surface area contributed by atoms with Gasteiger partial charge in [0.05, 0.1) is 23.2 Å². The number of pyridine rings is 1. The first kappa shape index (κ1) is 24.6. The summed E-state index contributed by atoms with van der Waals surface area (Å²) in [6.45, 7) is 5.06. The average molecular weight is 520 g/mol. The number of piperazine rings is 1. The number of hydrogen-bond donors (Lipinski definition) is 1. The average Bonchev–Trinajstić information content (AvgIpc) is 3.56. The van der Waals surface area contributed by atoms with Crippen LogP contribution in [-0.4, -0.2) is 79.0 Å². The fourth-order valence-corrected chi connectivity index (χ4v) is 5.38. The summed E-state index contributed by atoms with van der Waals surface area (Å²) in [6, 6.07) is 11.7. The van der Waals surface area contributed by atoms with E-state index in [4.69, 9.17) is 15.5 Å². The lowest BCUT2D eigenvalue weighted by molar-refractivity contribution is 0.121. The molecule has 38 heavy (non-hydrogen) atoms. The van der Waals surface area contributed by atoms with Crippen LogP contribution in [0.3, 0.4) is 0 Å². The summed E-state index contributed by atoms with van der Waals surface area (Å²) in [5.41, 5.74) is 9.47. The minimum absolute atomic E-state index is 0.0446. The molecule has 2 aromatic heterocycles. The van der Waals surface area contributed by atoms with Gasteiger partial charge in [0.1, 0.15) is 23.0 Å². The second-order valence-electron chi connectivity index (χ2n) is 10.0. The molecule has 2 fully saturated rings. The number of fused-ring (bicyclic) bond motifs is 1. The van der Waals surface area contributed by atoms with Crippen LogP contribution in [-0.2, 0) is 4.74 Å². The van der Waals surface area contributed by atoms with Gasteiger partial charge in [0.2, 0.25) is 0 Å². The monoisotopic (exact) mass is 519 g/mol. The van der Waals surface area contributed by atoms with E-state index in [2.05, 4.69) is 26.7 Å². The van der Waals surface area contributed by atoms with Crippen molar-refractivity contribution in [2.75, 3.05) is 69.0 Å². The van der Waals surface area contributed by atoms with Crippen molar-refractivity contribution in [3.05, 3.63) is 60.3 Å². The highest BCUT2D eigenvalue weighted by atomic mass is 19.1. The zero-order valence-corrected chi connectivity index (χ0v) is 21.6. The lowest BCUT2D eigenvalue weighted by Crippen LogP contribution is -2.44. The van der Waals surface area contributed by atoms with Gasteiger partial charge in [-0.05, 0) is 55.9 Å². The van der Waals surface area contributed by atoms with Gasteiger partial charge in [0, 0.05) is 63.8 Å². The van der Waals surface area contributed by atoms with Crippen molar-refractivity contribution < 1.29 is 13.5 Å². The number of hydrogen-bond acceptors (Lipinski definition) is 7. The number of nitrogen functional groups attached to an aromatic ring is 1. The lowest BCUT2D eigenvalue weighted by atomic mass is 10.1. The largest absolute Gasteiger partial charge is 0.396 e. The van der Waals surface area contributed by atoms with Crippen molar-refractivity contribution in [3.63, 3.8) is 0 Å². The Labute approximate surface area is 220 Å². The summed E-state index contributed by atoms with van der Waals surface area (Å²) in [6.07, 6.45) is 2.76. The van der Waals surface area contributed by atoms with Crippen molar-refractivity contribution in [2.24, 2.45) is 0 Å². The van der Waals surface area contributed by atoms with Crippen LogP contribution in [0.4, 0.5) is 25.8 Å². The number of imidazole rings is 1. The first-order valence-corrected chi connectivity index (χ1v) is 12.9. The Bertz CT molecular complexity index is 1480. The molecular formula is C28H31F2N7O. The number of anilines is 3. The number of aromatic nitrogens is 3. The predicted molar refractivity (Wildman–Crippen MR) is 146 cm³/mol. The smallest absolute Gasteiger partial charge is 0.167 e. The maximum Gasteiger partial charge on any atom is 0.167 e. The third kappa shape index (κ3) is 4.33. The Morgan fingerprint density at radius 3 is 2.45 bits per heavy atom. The van der Waals surface area contributed by atoms with Gasteiger partial charge in [0.15, 0.2) is 5.65 Å². The number of halogens is 2. The lowest BCUT2D eigenvalue weighted by Gasteiger charge is -2.34. The van der Waals surface area contributed by atoms with E-state index < -0.39 is 11.6 Å². The van der Waals surface area contributed by atoms with E-state index in [1.165, 1.54) is 18.2 Å². The molecule has 0 radical (unpaired) electrons. The number of benzene rings is 2. The van der Waals surface area contributed by atoms with Crippen molar-refractivity contribution >= 4 is 28.2 Å². The van der Waals surface area contributed by atoms with Crippen LogP contribution >= 0.6 is 0 Å². The molecule has 2 aliphatic heterocycles. The maximum absolute atomic E-state index is 15.9. The quantitative estimate of drug-likeness (QED) is 0.401. The fourth-order valence-electron chi connectivity index (χ4n) is 5.38. The van der Waals surface area contributed by atoms with Crippen LogP contribution in [0.15, 0.2) is 48.7 Å². The molecule has 0 amide bonds. The Balaban J connectivity index is 1.50. The van der Waals surface area contributed by atoms with Gasteiger partial charge in [-0.3, -0.25) is 4.57 Å². The Kier molecular flexibility index (Phi) is 6.37. The third-order valence-electron chi connectivity index (χ3n) is 7.64. The number of nitrogens with two attached hydrogens (primary N) is 1. The molecule has 10 heteroatoms. The highest BCUT2D eigenvalue weighted by Crippen LogP contribution is 2.35. The number of ether oxygens (including phenoxy) is 1. The van der Waals surface area contributed by atoms with E-state index >= 15 is 4.39 Å². The number of likely N-dealkylation sites (N-methyl/N-ethyl adjacent to an activating group) is 1. The van der Waals surface area contributed by atoms with Crippen LogP contribution in [0.1, 0.15) is 6.42 Å². The first-order chi connectivity index (χ1) is 18.4. The molecule has 2 N–H and O–H groups in total. The molecule has 0 unspecified atom stereocenters. The van der Waals surface area contributed by atoms with Gasteiger partial charge < -0.3 is 25.2 Å². The zero-order chi connectivity index (χ0) is 26.4. The Morgan fingerprint density at radius 1 is 0.921 bits per heavy atom. The van der Waals surface area contributed by atoms with E-state index in [1.807, 2.05) is 12.1 Å². The van der Waals surface area contributed by atoms with E-state index in [0.29, 0.717) is 28.2 Å². The molecule has 198 valence electrons. The SMILES string of the molecule is CO[C@H]1CCN(c2ccc(-n3c(-c4ccc(N)c(F)c4)nc4c(N5CCN(C)CC5)ccnc43)c(F)c2)C1. The van der Waals surface area contributed by atoms with Gasteiger partial charge in [-0.25, -0.2) is 18.7 Å². The summed E-state index contributed by atoms with van der Waals surface area (Å²) >= 11 is 0. The Hall–Kier alpha value is -3.76.